The van der Waals surface area contributed by atoms with Gasteiger partial charge in [0.1, 0.15) is 0 Å². The van der Waals surface area contributed by atoms with Crippen molar-refractivity contribution in [3.63, 3.8) is 0 Å². The number of hydrogen-bond acceptors (Lipinski definition) is 9. The van der Waals surface area contributed by atoms with E-state index in [0.717, 1.165) is 27.8 Å². The molecule has 0 aliphatic rings. The van der Waals surface area contributed by atoms with E-state index in [-0.39, 0.29) is 56.0 Å². The van der Waals surface area contributed by atoms with Gasteiger partial charge in [-0.1, -0.05) is 115 Å². The topological polar surface area (TPSA) is 143 Å². The van der Waals surface area contributed by atoms with E-state index in [0.29, 0.717) is 34.1 Å². The number of hydrogen-bond donors (Lipinski definition) is 4. The quantitative estimate of drug-likeness (QED) is 0.0260. The van der Waals surface area contributed by atoms with E-state index >= 15 is 0 Å². The molecule has 0 aliphatic heterocycles. The molecule has 0 aromatic heterocycles. The van der Waals surface area contributed by atoms with E-state index in [2.05, 4.69) is 72.8 Å². The Morgan fingerprint density at radius 2 is 0.850 bits per heavy atom. The highest BCUT2D eigenvalue weighted by atomic mass is 32.3. The van der Waals surface area contributed by atoms with Crippen LogP contribution in [0.4, 0.5) is 0 Å². The maximum atomic E-state index is 12.2. The van der Waals surface area contributed by atoms with Crippen molar-refractivity contribution < 1.29 is 41.7 Å². The standard InChI is InChI=1S/C46H59BO9S4/c1-57(52)44-23-19-39(20-24-44)37-59(33-28-48,34-29-49)55-47(56-60(35-30-50,36-31-51)38-40-21-25-45(26-22-40)58(2)53)54-32-12-27-46(41-13-6-3-7-14-41,42-15-8-4-9-16-42)43-17-10-5-11-18-43/h3-11,13-26,48-51H,12,27-38H2,1-2H3. The fourth-order valence-electron chi connectivity index (χ4n) is 7.60. The minimum atomic E-state index is -2.34. The highest BCUT2D eigenvalue weighted by Crippen LogP contribution is 2.57. The summed E-state index contributed by atoms with van der Waals surface area (Å²) >= 11 is 0. The van der Waals surface area contributed by atoms with Crippen LogP contribution in [0.5, 0.6) is 0 Å². The normalized spacial score (nSPS) is 13.8. The van der Waals surface area contributed by atoms with E-state index in [1.807, 2.05) is 66.7 Å². The van der Waals surface area contributed by atoms with Crippen molar-refractivity contribution in [3.8, 4) is 0 Å². The van der Waals surface area contributed by atoms with Crippen LogP contribution in [0.3, 0.4) is 0 Å². The molecule has 5 aromatic carbocycles. The predicted octanol–water partition coefficient (Wildman–Crippen LogP) is 7.12. The first-order valence-electron chi connectivity index (χ1n) is 20.1. The number of benzene rings is 5. The number of aliphatic hydroxyl groups excluding tert-OH is 4. The third-order valence-electron chi connectivity index (χ3n) is 10.5. The molecule has 0 saturated heterocycles. The first-order valence-corrected chi connectivity index (χ1v) is 27.3. The molecule has 0 amide bonds. The van der Waals surface area contributed by atoms with Crippen LogP contribution >= 0.6 is 20.6 Å². The van der Waals surface area contributed by atoms with Gasteiger partial charge in [0.05, 0.1) is 26.4 Å². The average molecular weight is 895 g/mol. The molecule has 0 radical (unpaired) electrons. The van der Waals surface area contributed by atoms with Gasteiger partial charge in [0, 0.05) is 90.4 Å². The molecule has 14 heteroatoms. The van der Waals surface area contributed by atoms with E-state index in [9.17, 15) is 28.8 Å². The van der Waals surface area contributed by atoms with Crippen molar-refractivity contribution in [1.82, 2.24) is 0 Å². The summed E-state index contributed by atoms with van der Waals surface area (Å²) in [7, 11) is -8.28. The highest BCUT2D eigenvalue weighted by molar-refractivity contribution is 8.30. The summed E-state index contributed by atoms with van der Waals surface area (Å²) in [5.74, 6) is 1.66. The Morgan fingerprint density at radius 1 is 0.517 bits per heavy atom. The van der Waals surface area contributed by atoms with Crippen molar-refractivity contribution in [1.29, 1.82) is 0 Å². The minimum Gasteiger partial charge on any atom is -0.395 e. The predicted molar refractivity (Wildman–Crippen MR) is 250 cm³/mol. The molecule has 5 aromatic rings. The summed E-state index contributed by atoms with van der Waals surface area (Å²) in [6.07, 6.45) is 4.50. The van der Waals surface area contributed by atoms with Gasteiger partial charge in [-0.2, -0.15) is 0 Å². The monoisotopic (exact) mass is 894 g/mol. The van der Waals surface area contributed by atoms with Crippen molar-refractivity contribution in [2.45, 2.75) is 39.6 Å². The zero-order valence-corrected chi connectivity index (χ0v) is 37.8. The Hall–Kier alpha value is -3.12. The van der Waals surface area contributed by atoms with Crippen molar-refractivity contribution >= 4 is 49.5 Å². The van der Waals surface area contributed by atoms with E-state index in [1.165, 1.54) is 0 Å². The van der Waals surface area contributed by atoms with Gasteiger partial charge < -0.3 is 33.3 Å². The molecule has 5 rings (SSSR count). The van der Waals surface area contributed by atoms with Gasteiger partial charge in [-0.25, -0.2) is 0 Å². The molecule has 9 nitrogen and oxygen atoms in total. The summed E-state index contributed by atoms with van der Waals surface area (Å²) in [4.78, 5) is 1.37. The molecule has 0 aliphatic carbocycles. The van der Waals surface area contributed by atoms with Crippen molar-refractivity contribution in [2.24, 2.45) is 0 Å². The lowest BCUT2D eigenvalue weighted by molar-refractivity contribution is 0.203. The maximum absolute atomic E-state index is 12.2. The first-order chi connectivity index (χ1) is 29.1. The van der Waals surface area contributed by atoms with Crippen LogP contribution in [0.25, 0.3) is 0 Å². The molecule has 324 valence electrons. The number of aliphatic hydroxyl groups is 4. The van der Waals surface area contributed by atoms with E-state index in [4.69, 9.17) is 12.9 Å². The van der Waals surface area contributed by atoms with Crippen LogP contribution in [0, 0.1) is 0 Å². The Bertz CT molecular complexity index is 1850. The SMILES string of the molecule is CS(=O)c1ccc(CS(CCO)(CCO)OB(OCCCC(c2ccccc2)(c2ccccc2)c2ccccc2)OS(CCO)(CCO)Cc2ccc(S(C)=O)cc2)cc1. The number of rotatable bonds is 26. The third kappa shape index (κ3) is 13.0. The zero-order chi connectivity index (χ0) is 42.9. The molecule has 4 N–H and O–H groups in total. The van der Waals surface area contributed by atoms with Crippen LogP contribution in [-0.2, 0) is 51.4 Å². The maximum Gasteiger partial charge on any atom is 0.660 e. The fourth-order valence-corrected chi connectivity index (χ4v) is 14.0. The Labute approximate surface area is 364 Å². The summed E-state index contributed by atoms with van der Waals surface area (Å²) in [6.45, 7) is -0.604. The molecule has 2 atom stereocenters. The molecule has 0 bridgehead atoms. The van der Waals surface area contributed by atoms with Gasteiger partial charge >= 0.3 is 7.32 Å². The first kappa shape index (κ1) is 47.9. The Balaban J connectivity index is 1.52. The Kier molecular flexibility index (Phi) is 19.1. The summed E-state index contributed by atoms with van der Waals surface area (Å²) in [5.41, 5.74) is 4.69. The second kappa shape index (κ2) is 23.9. The second-order valence-electron chi connectivity index (χ2n) is 14.6. The van der Waals surface area contributed by atoms with Crippen LogP contribution in [0.1, 0.15) is 40.7 Å². The lowest BCUT2D eigenvalue weighted by Crippen LogP contribution is -2.37. The average Bonchev–Trinajstić information content (AvgIpc) is 3.25. The van der Waals surface area contributed by atoms with Crippen LogP contribution in [0.15, 0.2) is 149 Å². The molecule has 0 heterocycles. The minimum absolute atomic E-state index is 0.205. The largest absolute Gasteiger partial charge is 0.660 e. The van der Waals surface area contributed by atoms with Crippen LogP contribution in [0.2, 0.25) is 0 Å². The smallest absolute Gasteiger partial charge is 0.395 e. The van der Waals surface area contributed by atoms with Gasteiger partial charge in [-0.15, -0.1) is 20.6 Å². The summed E-state index contributed by atoms with van der Waals surface area (Å²) in [5, 5.41) is 41.9. The molecule has 0 fully saturated rings. The third-order valence-corrected chi connectivity index (χ3v) is 19.0. The van der Waals surface area contributed by atoms with Gasteiger partial charge in [-0.05, 0) is 64.9 Å². The molecule has 60 heavy (non-hydrogen) atoms. The fraction of sp³-hybridized carbons (Fsp3) is 0.348. The lowest BCUT2D eigenvalue weighted by atomic mass is 9.67. The van der Waals surface area contributed by atoms with Gasteiger partial charge in [0.2, 0.25) is 0 Å². The van der Waals surface area contributed by atoms with Gasteiger partial charge in [-0.3, -0.25) is 8.42 Å². The highest BCUT2D eigenvalue weighted by Gasteiger charge is 2.41. The molecule has 0 saturated carbocycles. The summed E-state index contributed by atoms with van der Waals surface area (Å²) < 4.78 is 45.1. The molecular formula is C46H59BO9S4. The molecule has 2 unspecified atom stereocenters. The molecule has 0 spiro atoms. The van der Waals surface area contributed by atoms with Crippen LogP contribution < -0.4 is 0 Å². The lowest BCUT2D eigenvalue weighted by Gasteiger charge is -2.45. The zero-order valence-electron chi connectivity index (χ0n) is 34.5. The van der Waals surface area contributed by atoms with E-state index < -0.39 is 55.0 Å². The second-order valence-corrected chi connectivity index (χ2v) is 23.8. The van der Waals surface area contributed by atoms with Crippen molar-refractivity contribution in [3.05, 3.63) is 167 Å². The Morgan fingerprint density at radius 3 is 1.15 bits per heavy atom. The van der Waals surface area contributed by atoms with E-state index in [1.54, 1.807) is 12.5 Å². The molecular weight excluding hydrogens is 836 g/mol. The van der Waals surface area contributed by atoms with Crippen LogP contribution in [-0.4, -0.2) is 105 Å². The van der Waals surface area contributed by atoms with Gasteiger partial charge in [0.15, 0.2) is 0 Å². The van der Waals surface area contributed by atoms with Gasteiger partial charge in [0.25, 0.3) is 0 Å². The summed E-state index contributed by atoms with van der Waals surface area (Å²) in [6, 6.07) is 46.2. The van der Waals surface area contributed by atoms with Crippen molar-refractivity contribution in [2.75, 3.05) is 68.6 Å².